The number of carbonyl (C=O) groups excluding carboxylic acids is 3. The summed E-state index contributed by atoms with van der Waals surface area (Å²) in [6, 6.07) is -1.49. The van der Waals surface area contributed by atoms with Crippen molar-refractivity contribution in [3.63, 3.8) is 0 Å². The predicted octanol–water partition coefficient (Wildman–Crippen LogP) is -1.36. The highest BCUT2D eigenvalue weighted by Gasteiger charge is 2.72. The number of hydrogen-bond donors (Lipinski definition) is 2. The SMILES string of the molecule is COC(=O)/C=C(\C)NCC(=O)OC[C@H]1C(=O)N2[C@@H](C(=O)O)C(C)(C)S(=O)(=O)[C@H]12. The van der Waals surface area contributed by atoms with E-state index in [9.17, 15) is 32.7 Å². The highest BCUT2D eigenvalue weighted by atomic mass is 32.2. The molecule has 2 saturated heterocycles. The zero-order valence-electron chi connectivity index (χ0n) is 15.8. The van der Waals surface area contributed by atoms with Gasteiger partial charge in [0.15, 0.2) is 15.2 Å². The lowest BCUT2D eigenvalue weighted by Gasteiger charge is -2.42. The van der Waals surface area contributed by atoms with Crippen LogP contribution in [0.2, 0.25) is 0 Å². The number of esters is 2. The third-order valence-corrected chi connectivity index (χ3v) is 7.76. The third-order valence-electron chi connectivity index (χ3n) is 4.88. The fraction of sp³-hybridized carbons (Fsp3) is 0.625. The van der Waals surface area contributed by atoms with E-state index in [-0.39, 0.29) is 6.54 Å². The highest BCUT2D eigenvalue weighted by Crippen LogP contribution is 2.48. The van der Waals surface area contributed by atoms with Crippen LogP contribution in [-0.4, -0.2) is 78.7 Å². The molecule has 3 atom stereocenters. The minimum absolute atomic E-state index is 0.315. The number of ether oxygens (including phenoxy) is 2. The largest absolute Gasteiger partial charge is 0.480 e. The van der Waals surface area contributed by atoms with Gasteiger partial charge in [-0.2, -0.15) is 0 Å². The highest BCUT2D eigenvalue weighted by molar-refractivity contribution is 7.93. The third kappa shape index (κ3) is 3.43. The first kappa shape index (κ1) is 21.7. The molecule has 11 nitrogen and oxygen atoms in total. The fourth-order valence-corrected chi connectivity index (χ4v) is 5.59. The number of rotatable bonds is 7. The number of carboxylic acids is 1. The van der Waals surface area contributed by atoms with E-state index >= 15 is 0 Å². The predicted molar refractivity (Wildman–Crippen MR) is 93.3 cm³/mol. The molecule has 0 aromatic rings. The molecule has 0 aromatic carbocycles. The Labute approximate surface area is 161 Å². The molecule has 0 spiro atoms. The maximum Gasteiger partial charge on any atom is 0.332 e. The number of carbonyl (C=O) groups is 4. The average molecular weight is 418 g/mol. The van der Waals surface area contributed by atoms with E-state index < -0.39 is 62.3 Å². The van der Waals surface area contributed by atoms with E-state index in [1.807, 2.05) is 0 Å². The Morgan fingerprint density at radius 1 is 1.32 bits per heavy atom. The number of aliphatic carboxylic acids is 1. The van der Waals surface area contributed by atoms with Gasteiger partial charge < -0.3 is 24.8 Å². The minimum Gasteiger partial charge on any atom is -0.480 e. The van der Waals surface area contributed by atoms with Crippen molar-refractivity contribution in [1.29, 1.82) is 0 Å². The van der Waals surface area contributed by atoms with Gasteiger partial charge in [0.25, 0.3) is 0 Å². The lowest BCUT2D eigenvalue weighted by atomic mass is 9.92. The molecular formula is C16H22N2O9S. The van der Waals surface area contributed by atoms with Crippen LogP contribution in [0.5, 0.6) is 0 Å². The zero-order chi connectivity index (χ0) is 21.4. The molecule has 12 heteroatoms. The van der Waals surface area contributed by atoms with Crippen molar-refractivity contribution in [2.45, 2.75) is 36.9 Å². The molecule has 28 heavy (non-hydrogen) atoms. The number of allylic oxidation sites excluding steroid dienone is 1. The Morgan fingerprint density at radius 2 is 1.93 bits per heavy atom. The van der Waals surface area contributed by atoms with Gasteiger partial charge in [0.2, 0.25) is 5.91 Å². The smallest absolute Gasteiger partial charge is 0.332 e. The molecule has 2 rings (SSSR count). The summed E-state index contributed by atoms with van der Waals surface area (Å²) in [5.74, 6) is -4.62. The first-order chi connectivity index (χ1) is 12.9. The second kappa shape index (κ2) is 7.41. The Balaban J connectivity index is 1.99. The van der Waals surface area contributed by atoms with Crippen LogP contribution in [0.3, 0.4) is 0 Å². The van der Waals surface area contributed by atoms with E-state index in [2.05, 4.69) is 10.1 Å². The van der Waals surface area contributed by atoms with Gasteiger partial charge in [-0.3, -0.25) is 9.59 Å². The second-order valence-electron chi connectivity index (χ2n) is 7.02. The topological polar surface area (TPSA) is 156 Å². The van der Waals surface area contributed by atoms with E-state index in [0.29, 0.717) is 5.70 Å². The van der Waals surface area contributed by atoms with Gasteiger partial charge in [0.1, 0.15) is 25.1 Å². The van der Waals surface area contributed by atoms with Crippen LogP contribution in [0.15, 0.2) is 11.8 Å². The van der Waals surface area contributed by atoms with Gasteiger partial charge in [-0.15, -0.1) is 0 Å². The van der Waals surface area contributed by atoms with E-state index in [4.69, 9.17) is 4.74 Å². The summed E-state index contributed by atoms with van der Waals surface area (Å²) >= 11 is 0. The van der Waals surface area contributed by atoms with Crippen molar-refractivity contribution < 1.29 is 42.2 Å². The van der Waals surface area contributed by atoms with Gasteiger partial charge in [-0.1, -0.05) is 0 Å². The molecule has 1 amide bonds. The monoisotopic (exact) mass is 418 g/mol. The van der Waals surface area contributed by atoms with Crippen LogP contribution in [0, 0.1) is 5.92 Å². The number of β-lactam (4-membered cyclic amide) rings is 1. The number of nitrogens with zero attached hydrogens (tertiary/aromatic N) is 1. The van der Waals surface area contributed by atoms with Crippen LogP contribution in [0.4, 0.5) is 0 Å². The number of methoxy groups -OCH3 is 1. The molecular weight excluding hydrogens is 396 g/mol. The van der Waals surface area contributed by atoms with E-state index in [1.165, 1.54) is 27.9 Å². The van der Waals surface area contributed by atoms with Crippen LogP contribution in [0.25, 0.3) is 0 Å². The summed E-state index contributed by atoms with van der Waals surface area (Å²) in [5, 5.41) is 10.6. The van der Waals surface area contributed by atoms with Crippen molar-refractivity contribution in [2.75, 3.05) is 20.3 Å². The second-order valence-corrected chi connectivity index (χ2v) is 9.64. The standard InChI is InChI=1S/C16H22N2O9S/c1-8(5-10(19)26-4)17-6-11(20)27-7-9-13(21)18-12(15(22)23)16(2,3)28(24,25)14(9)18/h5,9,12,14,17H,6-7H2,1-4H3,(H,22,23)/b8-5+/t9-,12-,14+/m0/s1. The average Bonchev–Trinajstić information content (AvgIpc) is 2.74. The molecule has 0 saturated carbocycles. The van der Waals surface area contributed by atoms with Gasteiger partial charge in [0.05, 0.1) is 11.9 Å². The van der Waals surface area contributed by atoms with Gasteiger partial charge >= 0.3 is 17.9 Å². The lowest BCUT2D eigenvalue weighted by Crippen LogP contribution is -2.64. The molecule has 0 unspecified atom stereocenters. The van der Waals surface area contributed by atoms with Crippen molar-refractivity contribution in [3.05, 3.63) is 11.8 Å². The summed E-state index contributed by atoms with van der Waals surface area (Å²) in [7, 11) is -2.77. The molecule has 0 aliphatic carbocycles. The summed E-state index contributed by atoms with van der Waals surface area (Å²) < 4.78 is 33.1. The summed E-state index contributed by atoms with van der Waals surface area (Å²) in [6.45, 7) is 3.25. The van der Waals surface area contributed by atoms with Crippen LogP contribution in [0.1, 0.15) is 20.8 Å². The summed E-state index contributed by atoms with van der Waals surface area (Å²) in [6.07, 6.45) is 1.12. The van der Waals surface area contributed by atoms with Crippen molar-refractivity contribution in [1.82, 2.24) is 10.2 Å². The number of carboxylic acid groups (broad SMARTS) is 1. The Hall–Kier alpha value is -2.63. The first-order valence-corrected chi connectivity index (χ1v) is 9.85. The molecule has 2 N–H and O–H groups in total. The zero-order valence-corrected chi connectivity index (χ0v) is 16.6. The summed E-state index contributed by atoms with van der Waals surface area (Å²) in [5.41, 5.74) is 0.346. The molecule has 2 aliphatic heterocycles. The Bertz CT molecular complexity index is 846. The first-order valence-electron chi connectivity index (χ1n) is 8.30. The van der Waals surface area contributed by atoms with Gasteiger partial charge in [-0.05, 0) is 20.8 Å². The molecule has 0 bridgehead atoms. The summed E-state index contributed by atoms with van der Waals surface area (Å²) in [4.78, 5) is 47.5. The Kier molecular flexibility index (Phi) is 5.74. The van der Waals surface area contributed by atoms with Crippen LogP contribution >= 0.6 is 0 Å². The molecule has 0 aromatic heterocycles. The maximum absolute atomic E-state index is 12.7. The van der Waals surface area contributed by atoms with Crippen LogP contribution < -0.4 is 5.32 Å². The molecule has 2 fully saturated rings. The minimum atomic E-state index is -3.98. The molecule has 2 heterocycles. The van der Waals surface area contributed by atoms with Crippen LogP contribution in [-0.2, 0) is 38.5 Å². The number of fused-ring (bicyclic) bond motifs is 1. The fourth-order valence-electron chi connectivity index (χ4n) is 3.29. The normalized spacial score (nSPS) is 27.4. The maximum atomic E-state index is 12.7. The van der Waals surface area contributed by atoms with Crippen molar-refractivity contribution in [3.8, 4) is 0 Å². The van der Waals surface area contributed by atoms with Gasteiger partial charge in [0, 0.05) is 11.8 Å². The lowest BCUT2D eigenvalue weighted by molar-refractivity contribution is -0.168. The van der Waals surface area contributed by atoms with Crippen molar-refractivity contribution in [2.24, 2.45) is 5.92 Å². The van der Waals surface area contributed by atoms with E-state index in [0.717, 1.165) is 11.0 Å². The molecule has 2 aliphatic rings. The van der Waals surface area contributed by atoms with Gasteiger partial charge in [-0.25, -0.2) is 18.0 Å². The number of sulfone groups is 1. The van der Waals surface area contributed by atoms with Crippen molar-refractivity contribution >= 4 is 33.7 Å². The molecule has 156 valence electrons. The number of nitrogens with one attached hydrogen (secondary N) is 1. The quantitative estimate of drug-likeness (QED) is 0.287. The number of amides is 1. The molecule has 0 radical (unpaired) electrons. The number of hydrogen-bond acceptors (Lipinski definition) is 9. The van der Waals surface area contributed by atoms with E-state index in [1.54, 1.807) is 0 Å². The Morgan fingerprint density at radius 3 is 2.46 bits per heavy atom.